The number of ketones is 1. The first kappa shape index (κ1) is 28.8. The summed E-state index contributed by atoms with van der Waals surface area (Å²) in [5, 5.41) is 15.7. The number of Topliss-reactive ketones (excluding diaryl/α,β-unsaturated/α-hetero) is 1. The fraction of sp³-hybridized carbons (Fsp3) is 0.182. The quantitative estimate of drug-likeness (QED) is 0.214. The average molecular weight is 608 g/mol. The lowest BCUT2D eigenvalue weighted by atomic mass is 9.96. The van der Waals surface area contributed by atoms with Crippen molar-refractivity contribution in [3.8, 4) is 34.3 Å². The van der Waals surface area contributed by atoms with Crippen LogP contribution in [-0.2, 0) is 19.5 Å². The van der Waals surface area contributed by atoms with Crippen LogP contribution < -0.4 is 21.1 Å². The number of rotatable bonds is 9. The van der Waals surface area contributed by atoms with Gasteiger partial charge in [0.05, 0.1) is 25.6 Å². The van der Waals surface area contributed by atoms with Gasteiger partial charge in [0, 0.05) is 16.0 Å². The number of nitrogens with zero attached hydrogens (tertiary/aromatic N) is 4. The van der Waals surface area contributed by atoms with E-state index in [2.05, 4.69) is 14.7 Å². The van der Waals surface area contributed by atoms with Crippen LogP contribution in [0.4, 0.5) is 0 Å². The standard InChI is InChI=1S/C33H28N4O6S/c1-4-24-16-27-30(39)36(18-28(38)20-11-13-23(42-3)14-12-20)33(41)37(31(27)44-24)17-22-10-9-21(15-19(22)2)25-7-5-6-8-26(25)29-34-32(40)43-35-29/h5-16H,4,17-18H2,1-3H3,(H,34,35,40)/p-1. The Hall–Kier alpha value is -5.29. The Kier molecular flexibility index (Phi) is 7.71. The molecule has 0 aliphatic heterocycles. The summed E-state index contributed by atoms with van der Waals surface area (Å²) in [5.41, 5.74) is 3.47. The van der Waals surface area contributed by atoms with E-state index in [9.17, 15) is 19.5 Å². The van der Waals surface area contributed by atoms with E-state index in [4.69, 9.17) is 4.74 Å². The van der Waals surface area contributed by atoms with Gasteiger partial charge in [-0.05, 0) is 65.9 Å². The molecule has 3 heterocycles. The highest BCUT2D eigenvalue weighted by molar-refractivity contribution is 7.18. The van der Waals surface area contributed by atoms with Gasteiger partial charge in [-0.1, -0.05) is 49.4 Å². The van der Waals surface area contributed by atoms with E-state index in [0.717, 1.165) is 31.7 Å². The maximum atomic E-state index is 13.9. The maximum Gasteiger partial charge on any atom is 0.332 e. The van der Waals surface area contributed by atoms with E-state index in [0.29, 0.717) is 33.5 Å². The highest BCUT2D eigenvalue weighted by Gasteiger charge is 2.20. The first-order valence-corrected chi connectivity index (χ1v) is 14.7. The van der Waals surface area contributed by atoms with Crippen LogP contribution in [0.1, 0.15) is 33.3 Å². The van der Waals surface area contributed by atoms with Crippen molar-refractivity contribution in [2.45, 2.75) is 33.4 Å². The Morgan fingerprint density at radius 2 is 1.75 bits per heavy atom. The van der Waals surface area contributed by atoms with Gasteiger partial charge in [0.1, 0.15) is 10.6 Å². The normalized spacial score (nSPS) is 11.2. The number of methoxy groups -OCH3 is 1. The lowest BCUT2D eigenvalue weighted by molar-refractivity contribution is -0.303. The Bertz CT molecular complexity index is 2140. The van der Waals surface area contributed by atoms with Crippen LogP contribution in [0.15, 0.2) is 86.9 Å². The zero-order valence-corrected chi connectivity index (χ0v) is 25.0. The maximum absolute atomic E-state index is 13.9. The molecule has 0 N–H and O–H groups in total. The molecule has 0 aliphatic carbocycles. The predicted molar refractivity (Wildman–Crippen MR) is 166 cm³/mol. The molecule has 0 unspecified atom stereocenters. The zero-order valence-electron chi connectivity index (χ0n) is 24.2. The minimum absolute atomic E-state index is 0.203. The number of ether oxygens (including phenoxy) is 1. The fourth-order valence-electron chi connectivity index (χ4n) is 5.17. The second-order valence-corrected chi connectivity index (χ2v) is 11.4. The second kappa shape index (κ2) is 11.8. The van der Waals surface area contributed by atoms with Crippen molar-refractivity contribution in [1.82, 2.24) is 19.3 Å². The van der Waals surface area contributed by atoms with Crippen LogP contribution in [0.3, 0.4) is 0 Å². The van der Waals surface area contributed by atoms with Crippen LogP contribution in [0, 0.1) is 6.92 Å². The summed E-state index contributed by atoms with van der Waals surface area (Å²) in [7, 11) is 1.54. The number of carbonyl (C=O) groups is 1. The molecule has 0 atom stereocenters. The third kappa shape index (κ3) is 5.33. The molecule has 0 saturated carbocycles. The fourth-order valence-corrected chi connectivity index (χ4v) is 6.25. The van der Waals surface area contributed by atoms with Gasteiger partial charge in [0.25, 0.3) is 5.56 Å². The number of aromatic nitrogens is 4. The third-order valence-corrected chi connectivity index (χ3v) is 8.87. The van der Waals surface area contributed by atoms with E-state index in [-0.39, 0.29) is 24.7 Å². The summed E-state index contributed by atoms with van der Waals surface area (Å²) in [6.45, 7) is 3.76. The predicted octanol–water partition coefficient (Wildman–Crippen LogP) is 4.83. The van der Waals surface area contributed by atoms with Crippen LogP contribution >= 0.6 is 11.3 Å². The van der Waals surface area contributed by atoms with Crippen LogP contribution in [0.5, 0.6) is 11.8 Å². The lowest BCUT2D eigenvalue weighted by Crippen LogP contribution is -2.41. The van der Waals surface area contributed by atoms with E-state index in [1.165, 1.54) is 18.4 Å². The summed E-state index contributed by atoms with van der Waals surface area (Å²) in [6, 6.07) is 21.7. The van der Waals surface area contributed by atoms with E-state index >= 15 is 0 Å². The van der Waals surface area contributed by atoms with Crippen molar-refractivity contribution in [3.63, 3.8) is 0 Å². The first-order valence-electron chi connectivity index (χ1n) is 13.9. The molecule has 0 amide bonds. The monoisotopic (exact) mass is 607 g/mol. The average Bonchev–Trinajstić information content (AvgIpc) is 3.68. The van der Waals surface area contributed by atoms with Crippen molar-refractivity contribution in [2.24, 2.45) is 0 Å². The van der Waals surface area contributed by atoms with Crippen LogP contribution in [-0.4, -0.2) is 32.2 Å². The number of benzene rings is 3. The van der Waals surface area contributed by atoms with Gasteiger partial charge in [-0.25, -0.2) is 9.78 Å². The van der Waals surface area contributed by atoms with Crippen molar-refractivity contribution >= 4 is 27.3 Å². The van der Waals surface area contributed by atoms with Gasteiger partial charge in [0.2, 0.25) is 0 Å². The molecule has 3 aromatic carbocycles. The molecule has 0 bridgehead atoms. The number of thiophene rings is 1. The topological polar surface area (TPSA) is 132 Å². The highest BCUT2D eigenvalue weighted by Crippen LogP contribution is 2.32. The number of fused-ring (bicyclic) bond motifs is 1. The summed E-state index contributed by atoms with van der Waals surface area (Å²) >= 11 is 1.41. The molecule has 0 spiro atoms. The van der Waals surface area contributed by atoms with Gasteiger partial charge >= 0.3 is 5.69 Å². The number of aryl methyl sites for hydroxylation is 2. The second-order valence-electron chi connectivity index (χ2n) is 10.3. The molecule has 0 saturated heterocycles. The molecule has 6 rings (SSSR count). The van der Waals surface area contributed by atoms with Gasteiger partial charge < -0.3 is 14.4 Å². The van der Waals surface area contributed by atoms with Crippen molar-refractivity contribution < 1.29 is 19.2 Å². The first-order chi connectivity index (χ1) is 21.3. The largest absolute Gasteiger partial charge is 0.528 e. The summed E-state index contributed by atoms with van der Waals surface area (Å²) in [5.74, 6) is 0.454. The molecule has 0 radical (unpaired) electrons. The minimum atomic E-state index is -0.759. The number of hydrogen-bond donors (Lipinski definition) is 0. The molecule has 0 aliphatic rings. The van der Waals surface area contributed by atoms with Gasteiger partial charge in [-0.2, -0.15) is 5.16 Å². The molecule has 222 valence electrons. The lowest BCUT2D eigenvalue weighted by Gasteiger charge is -2.15. The number of carbonyl (C=O) groups excluding carboxylic acids is 1. The van der Waals surface area contributed by atoms with Gasteiger partial charge in [-0.15, -0.1) is 11.3 Å². The van der Waals surface area contributed by atoms with Gasteiger partial charge in [0.15, 0.2) is 17.7 Å². The molecule has 10 nitrogen and oxygen atoms in total. The van der Waals surface area contributed by atoms with Crippen LogP contribution in [0.2, 0.25) is 0 Å². The molecular weight excluding hydrogens is 580 g/mol. The third-order valence-electron chi connectivity index (χ3n) is 7.57. The molecular formula is C33H27N4O6S-. The van der Waals surface area contributed by atoms with Crippen LogP contribution in [0.25, 0.3) is 32.7 Å². The SMILES string of the molecule is CCc1cc2c(=O)n(CC(=O)c3ccc(OC)cc3)c(=O)n(Cc3ccc(-c4ccccc4-c4noc([O-])n4)cc3C)c2s1. The van der Waals surface area contributed by atoms with Crippen molar-refractivity contribution in [1.29, 1.82) is 0 Å². The van der Waals surface area contributed by atoms with E-state index in [1.807, 2.05) is 62.4 Å². The van der Waals surface area contributed by atoms with E-state index in [1.54, 1.807) is 28.8 Å². The van der Waals surface area contributed by atoms with Gasteiger partial charge in [-0.3, -0.25) is 18.7 Å². The molecule has 3 aromatic heterocycles. The Morgan fingerprint density at radius 3 is 2.41 bits per heavy atom. The Morgan fingerprint density at radius 1 is 1.00 bits per heavy atom. The minimum Gasteiger partial charge on any atom is -0.528 e. The Balaban J connectivity index is 1.39. The Labute approximate surface area is 255 Å². The summed E-state index contributed by atoms with van der Waals surface area (Å²) in [6.07, 6.45) is -0.0519. The summed E-state index contributed by atoms with van der Waals surface area (Å²) < 4.78 is 12.4. The molecule has 0 fully saturated rings. The zero-order chi connectivity index (χ0) is 31.0. The highest BCUT2D eigenvalue weighted by atomic mass is 32.1. The van der Waals surface area contributed by atoms with Crippen molar-refractivity contribution in [2.75, 3.05) is 7.11 Å². The number of hydrogen-bond acceptors (Lipinski definition) is 9. The van der Waals surface area contributed by atoms with E-state index < -0.39 is 17.3 Å². The molecule has 6 aromatic rings. The molecule has 11 heteroatoms. The molecule has 44 heavy (non-hydrogen) atoms. The smallest absolute Gasteiger partial charge is 0.332 e. The summed E-state index contributed by atoms with van der Waals surface area (Å²) in [4.78, 5) is 46.0. The van der Waals surface area contributed by atoms with Crippen molar-refractivity contribution in [3.05, 3.63) is 115 Å².